The van der Waals surface area contributed by atoms with E-state index in [4.69, 9.17) is 0 Å². The first-order chi connectivity index (χ1) is 9.47. The smallest absolute Gasteiger partial charge is 0.00472 e. The molecule has 0 radical (unpaired) electrons. The molecule has 1 saturated carbocycles. The molecule has 1 aromatic carbocycles. The van der Waals surface area contributed by atoms with Crippen LogP contribution in [0.25, 0.3) is 0 Å². The monoisotopic (exact) mass is 273 g/mol. The fourth-order valence-electron chi connectivity index (χ4n) is 3.46. The number of hydrogen-bond donors (Lipinski definition) is 1. The van der Waals surface area contributed by atoms with E-state index in [0.717, 1.165) is 0 Å². The minimum Gasteiger partial charge on any atom is -0.314 e. The molecular weight excluding hydrogens is 242 g/mol. The van der Waals surface area contributed by atoms with Crippen molar-refractivity contribution in [2.75, 3.05) is 6.54 Å². The Kier molecular flexibility index (Phi) is 4.90. The second kappa shape index (κ2) is 6.30. The van der Waals surface area contributed by atoms with Crippen LogP contribution in [-0.4, -0.2) is 12.6 Å². The molecule has 112 valence electrons. The van der Waals surface area contributed by atoms with E-state index in [-0.39, 0.29) is 5.41 Å². The molecular formula is C19H31N. The molecule has 0 amide bonds. The third-order valence-corrected chi connectivity index (χ3v) is 4.93. The standard InChI is InChI=1S/C19H31N/c1-5-11-19(12-13-19)15-20-16(2)14-18(3,4)17-9-7-6-8-10-17/h6-10,16,20H,5,11-15H2,1-4H3. The SMILES string of the molecule is CCCC1(CNC(C)CC(C)(C)c2ccccc2)CC1. The first-order valence-corrected chi connectivity index (χ1v) is 8.26. The first-order valence-electron chi connectivity index (χ1n) is 8.26. The summed E-state index contributed by atoms with van der Waals surface area (Å²) in [6, 6.07) is 11.5. The van der Waals surface area contributed by atoms with E-state index in [1.807, 2.05) is 0 Å². The van der Waals surface area contributed by atoms with Gasteiger partial charge in [0.25, 0.3) is 0 Å². The highest BCUT2D eigenvalue weighted by Crippen LogP contribution is 2.49. The minimum atomic E-state index is 0.245. The Labute approximate surface area is 125 Å². The maximum Gasteiger partial charge on any atom is 0.00472 e. The normalized spacial score (nSPS) is 18.8. The maximum absolute atomic E-state index is 3.80. The van der Waals surface area contributed by atoms with E-state index in [1.165, 1.54) is 44.2 Å². The van der Waals surface area contributed by atoms with Gasteiger partial charge in [-0.05, 0) is 49.0 Å². The molecule has 1 aromatic rings. The van der Waals surface area contributed by atoms with E-state index in [0.29, 0.717) is 11.5 Å². The maximum atomic E-state index is 3.80. The quantitative estimate of drug-likeness (QED) is 0.709. The molecule has 1 nitrogen and oxygen atoms in total. The molecule has 0 heterocycles. The fraction of sp³-hybridized carbons (Fsp3) is 0.684. The Morgan fingerprint density at radius 2 is 1.85 bits per heavy atom. The van der Waals surface area contributed by atoms with Gasteiger partial charge < -0.3 is 5.32 Å². The number of nitrogens with one attached hydrogen (secondary N) is 1. The van der Waals surface area contributed by atoms with Crippen LogP contribution in [0.2, 0.25) is 0 Å². The van der Waals surface area contributed by atoms with Crippen LogP contribution in [0.1, 0.15) is 65.4 Å². The largest absolute Gasteiger partial charge is 0.314 e. The summed E-state index contributed by atoms with van der Waals surface area (Å²) in [6.45, 7) is 10.6. The lowest BCUT2D eigenvalue weighted by Gasteiger charge is -2.30. The van der Waals surface area contributed by atoms with Crippen LogP contribution >= 0.6 is 0 Å². The van der Waals surface area contributed by atoms with E-state index in [1.54, 1.807) is 0 Å². The van der Waals surface area contributed by atoms with Gasteiger partial charge in [-0.2, -0.15) is 0 Å². The molecule has 20 heavy (non-hydrogen) atoms. The molecule has 1 aliphatic rings. The summed E-state index contributed by atoms with van der Waals surface area (Å²) in [6.07, 6.45) is 6.78. The molecule has 0 bridgehead atoms. The summed E-state index contributed by atoms with van der Waals surface area (Å²) < 4.78 is 0. The van der Waals surface area contributed by atoms with Gasteiger partial charge >= 0.3 is 0 Å². The third-order valence-electron chi connectivity index (χ3n) is 4.93. The molecule has 1 heteroatoms. The van der Waals surface area contributed by atoms with Crippen molar-refractivity contribution >= 4 is 0 Å². The van der Waals surface area contributed by atoms with Crippen molar-refractivity contribution in [2.24, 2.45) is 5.41 Å². The first kappa shape index (κ1) is 15.6. The number of hydrogen-bond acceptors (Lipinski definition) is 1. The van der Waals surface area contributed by atoms with Crippen LogP contribution in [-0.2, 0) is 5.41 Å². The van der Waals surface area contributed by atoms with Crippen molar-refractivity contribution in [3.8, 4) is 0 Å². The molecule has 0 aromatic heterocycles. The molecule has 1 atom stereocenters. The van der Waals surface area contributed by atoms with Gasteiger partial charge in [-0.1, -0.05) is 57.5 Å². The Balaban J connectivity index is 1.83. The highest BCUT2D eigenvalue weighted by molar-refractivity contribution is 5.23. The summed E-state index contributed by atoms with van der Waals surface area (Å²) in [5.74, 6) is 0. The Bertz CT molecular complexity index is 403. The van der Waals surface area contributed by atoms with Gasteiger partial charge in [-0.15, -0.1) is 0 Å². The van der Waals surface area contributed by atoms with E-state index >= 15 is 0 Å². The highest BCUT2D eigenvalue weighted by Gasteiger charge is 2.41. The summed E-state index contributed by atoms with van der Waals surface area (Å²) in [5, 5.41) is 3.80. The zero-order chi connectivity index (χ0) is 14.6. The molecule has 0 spiro atoms. The molecule has 2 rings (SSSR count). The Morgan fingerprint density at radius 1 is 1.20 bits per heavy atom. The van der Waals surface area contributed by atoms with Crippen LogP contribution in [0, 0.1) is 5.41 Å². The van der Waals surface area contributed by atoms with Crippen molar-refractivity contribution < 1.29 is 0 Å². The molecule has 1 unspecified atom stereocenters. The van der Waals surface area contributed by atoms with Crippen molar-refractivity contribution in [1.29, 1.82) is 0 Å². The van der Waals surface area contributed by atoms with Crippen molar-refractivity contribution in [3.05, 3.63) is 35.9 Å². The van der Waals surface area contributed by atoms with Crippen LogP contribution in [0.15, 0.2) is 30.3 Å². The van der Waals surface area contributed by atoms with Crippen LogP contribution in [0.4, 0.5) is 0 Å². The fourth-order valence-corrected chi connectivity index (χ4v) is 3.46. The average Bonchev–Trinajstić information content (AvgIpc) is 3.18. The molecule has 1 N–H and O–H groups in total. The molecule has 1 aliphatic carbocycles. The highest BCUT2D eigenvalue weighted by atomic mass is 14.9. The van der Waals surface area contributed by atoms with Gasteiger partial charge in [0, 0.05) is 12.6 Å². The second-order valence-electron chi connectivity index (χ2n) is 7.49. The average molecular weight is 273 g/mol. The van der Waals surface area contributed by atoms with Crippen molar-refractivity contribution in [1.82, 2.24) is 5.32 Å². The molecule has 0 aliphatic heterocycles. The third kappa shape index (κ3) is 4.09. The number of benzene rings is 1. The summed E-state index contributed by atoms with van der Waals surface area (Å²) >= 11 is 0. The lowest BCUT2D eigenvalue weighted by atomic mass is 9.79. The van der Waals surface area contributed by atoms with Gasteiger partial charge in [0.2, 0.25) is 0 Å². The van der Waals surface area contributed by atoms with Crippen LogP contribution in [0.3, 0.4) is 0 Å². The summed E-state index contributed by atoms with van der Waals surface area (Å²) in [4.78, 5) is 0. The van der Waals surface area contributed by atoms with Gasteiger partial charge in [-0.25, -0.2) is 0 Å². The van der Waals surface area contributed by atoms with Crippen molar-refractivity contribution in [2.45, 2.75) is 71.3 Å². The summed E-state index contributed by atoms with van der Waals surface area (Å²) in [7, 11) is 0. The molecule has 0 saturated heterocycles. The van der Waals surface area contributed by atoms with E-state index in [2.05, 4.69) is 63.3 Å². The predicted molar refractivity (Wildman–Crippen MR) is 88.1 cm³/mol. The number of rotatable bonds is 8. The van der Waals surface area contributed by atoms with Gasteiger partial charge in [0.15, 0.2) is 0 Å². The topological polar surface area (TPSA) is 12.0 Å². The molecule has 1 fully saturated rings. The zero-order valence-corrected chi connectivity index (χ0v) is 13.7. The van der Waals surface area contributed by atoms with Gasteiger partial charge in [0.05, 0.1) is 0 Å². The van der Waals surface area contributed by atoms with Crippen molar-refractivity contribution in [3.63, 3.8) is 0 Å². The minimum absolute atomic E-state index is 0.245. The van der Waals surface area contributed by atoms with Crippen LogP contribution < -0.4 is 5.32 Å². The summed E-state index contributed by atoms with van der Waals surface area (Å²) in [5.41, 5.74) is 2.35. The lowest BCUT2D eigenvalue weighted by Crippen LogP contribution is -2.36. The predicted octanol–water partition coefficient (Wildman–Crippen LogP) is 4.91. The Morgan fingerprint density at radius 3 is 2.40 bits per heavy atom. The Hall–Kier alpha value is -0.820. The second-order valence-corrected chi connectivity index (χ2v) is 7.49. The van der Waals surface area contributed by atoms with Gasteiger partial charge in [0.1, 0.15) is 0 Å². The lowest BCUT2D eigenvalue weighted by molar-refractivity contribution is 0.344. The van der Waals surface area contributed by atoms with E-state index in [9.17, 15) is 0 Å². The van der Waals surface area contributed by atoms with Gasteiger partial charge in [-0.3, -0.25) is 0 Å². The van der Waals surface area contributed by atoms with E-state index < -0.39 is 0 Å². The van der Waals surface area contributed by atoms with Crippen LogP contribution in [0.5, 0.6) is 0 Å². The zero-order valence-electron chi connectivity index (χ0n) is 13.7.